The van der Waals surface area contributed by atoms with Gasteiger partial charge in [0.25, 0.3) is 0 Å². The predicted molar refractivity (Wildman–Crippen MR) is 202 cm³/mol. The summed E-state index contributed by atoms with van der Waals surface area (Å²) in [6.45, 7) is 4.35. The van der Waals surface area contributed by atoms with E-state index < -0.39 is 15.8 Å². The van der Waals surface area contributed by atoms with Gasteiger partial charge in [0.15, 0.2) is 0 Å². The number of benzene rings is 6. The average Bonchev–Trinajstić information content (AvgIpc) is 3.47. The molecule has 0 aliphatic carbocycles. The molecule has 0 amide bonds. The molecule has 1 heterocycles. The molecule has 0 radical (unpaired) electrons. The van der Waals surface area contributed by atoms with Gasteiger partial charge >= 0.3 is 0 Å². The summed E-state index contributed by atoms with van der Waals surface area (Å²) in [5.41, 5.74) is 5.13. The maximum atomic E-state index is 2.33. The molecule has 0 fully saturated rings. The number of rotatable bonds is 8. The molecule has 3 heteroatoms. The molecule has 1 aromatic heterocycles. The van der Waals surface area contributed by atoms with Crippen LogP contribution in [0.4, 0.5) is 0 Å². The van der Waals surface area contributed by atoms with Crippen LogP contribution >= 0.6 is 27.2 Å². The molecule has 7 rings (SSSR count). The van der Waals surface area contributed by atoms with Crippen LogP contribution in [0, 0.1) is 13.8 Å². The minimum atomic E-state index is -0.881. The first-order chi connectivity index (χ1) is 22.2. The van der Waals surface area contributed by atoms with Crippen LogP contribution in [-0.2, 0) is 0 Å². The zero-order valence-corrected chi connectivity index (χ0v) is 28.1. The highest BCUT2D eigenvalue weighted by Crippen LogP contribution is 2.48. The Morgan fingerprint density at radius 3 is 0.867 bits per heavy atom. The smallest absolute Gasteiger partial charge is 0.0439 e. The third-order valence-electron chi connectivity index (χ3n) is 7.99. The van der Waals surface area contributed by atoms with Gasteiger partial charge in [0.05, 0.1) is 0 Å². The molecular formula is C42H34P2S. The topological polar surface area (TPSA) is 0 Å². The highest BCUT2D eigenvalue weighted by atomic mass is 32.1. The van der Waals surface area contributed by atoms with Crippen LogP contribution in [0.15, 0.2) is 170 Å². The summed E-state index contributed by atoms with van der Waals surface area (Å²) in [7, 11) is -1.76. The lowest BCUT2D eigenvalue weighted by atomic mass is 10.1. The maximum Gasteiger partial charge on any atom is 0.0439 e. The van der Waals surface area contributed by atoms with E-state index in [1.807, 2.05) is 11.3 Å². The Balaban J connectivity index is 1.65. The lowest BCUT2D eigenvalue weighted by molar-refractivity contribution is 1.48. The first kappa shape index (κ1) is 29.6. The van der Waals surface area contributed by atoms with Gasteiger partial charge in [-0.2, -0.15) is 0 Å². The summed E-state index contributed by atoms with van der Waals surface area (Å²) in [5, 5.41) is 8.45. The van der Waals surface area contributed by atoms with Crippen LogP contribution in [0.2, 0.25) is 0 Å². The van der Waals surface area contributed by atoms with Gasteiger partial charge in [-0.3, -0.25) is 0 Å². The fourth-order valence-electron chi connectivity index (χ4n) is 5.75. The van der Waals surface area contributed by atoms with Gasteiger partial charge in [0, 0.05) is 20.4 Å². The first-order valence-corrected chi connectivity index (χ1v) is 18.8. The number of thiophene rings is 1. The fourth-order valence-corrected chi connectivity index (χ4v) is 13.3. The van der Waals surface area contributed by atoms with Gasteiger partial charge in [0.2, 0.25) is 0 Å². The maximum absolute atomic E-state index is 2.33. The normalized spacial score (nSPS) is 11.3. The van der Waals surface area contributed by atoms with E-state index in [0.717, 1.165) is 0 Å². The Kier molecular flexibility index (Phi) is 8.86. The second-order valence-corrected chi connectivity index (χ2v) is 16.5. The first-order valence-electron chi connectivity index (χ1n) is 15.3. The third-order valence-corrected chi connectivity index (χ3v) is 14.8. The van der Waals surface area contributed by atoms with Gasteiger partial charge in [-0.25, -0.2) is 0 Å². The zero-order chi connectivity index (χ0) is 30.6. The van der Waals surface area contributed by atoms with Crippen LogP contribution in [0.3, 0.4) is 0 Å². The Labute approximate surface area is 273 Å². The van der Waals surface area contributed by atoms with Crippen molar-refractivity contribution in [3.63, 3.8) is 0 Å². The zero-order valence-electron chi connectivity index (χ0n) is 25.5. The lowest BCUT2D eigenvalue weighted by Gasteiger charge is -2.27. The van der Waals surface area contributed by atoms with Crippen molar-refractivity contribution in [2.24, 2.45) is 0 Å². The molecule has 0 saturated carbocycles. The van der Waals surface area contributed by atoms with Crippen LogP contribution in [0.1, 0.15) is 11.1 Å². The van der Waals surface area contributed by atoms with Crippen molar-refractivity contribution < 1.29 is 0 Å². The van der Waals surface area contributed by atoms with Gasteiger partial charge in [-0.15, -0.1) is 11.3 Å². The Morgan fingerprint density at radius 2 is 0.600 bits per heavy atom. The molecule has 0 atom stereocenters. The summed E-state index contributed by atoms with van der Waals surface area (Å²) in [4.78, 5) is 2.75. The SMILES string of the molecule is Cc1ccc(-c2sc(-c3ccc(C)cc3)c(P(c3ccccc3)c3ccccc3)c2P(c2ccccc2)c2ccccc2)cc1. The third kappa shape index (κ3) is 6.22. The van der Waals surface area contributed by atoms with Crippen LogP contribution in [0.5, 0.6) is 0 Å². The highest BCUT2D eigenvalue weighted by molar-refractivity contribution is 7.86. The van der Waals surface area contributed by atoms with E-state index in [9.17, 15) is 0 Å². The summed E-state index contributed by atoms with van der Waals surface area (Å²) >= 11 is 1.97. The van der Waals surface area contributed by atoms with Gasteiger partial charge in [-0.1, -0.05) is 181 Å². The fraction of sp³-hybridized carbons (Fsp3) is 0.0476. The molecule has 0 spiro atoms. The predicted octanol–water partition coefficient (Wildman–Crippen LogP) is 9.22. The monoisotopic (exact) mass is 632 g/mol. The molecule has 45 heavy (non-hydrogen) atoms. The largest absolute Gasteiger partial charge is 0.134 e. The quantitative estimate of drug-likeness (QED) is 0.147. The van der Waals surface area contributed by atoms with Crippen molar-refractivity contribution >= 4 is 59.0 Å². The molecule has 0 aliphatic rings. The highest BCUT2D eigenvalue weighted by Gasteiger charge is 2.34. The van der Waals surface area contributed by atoms with Crippen molar-refractivity contribution in [3.8, 4) is 20.9 Å². The molecule has 0 nitrogen and oxygen atoms in total. The molecule has 0 saturated heterocycles. The van der Waals surface area contributed by atoms with Crippen LogP contribution in [-0.4, -0.2) is 0 Å². The number of hydrogen-bond donors (Lipinski definition) is 0. The van der Waals surface area contributed by atoms with Crippen molar-refractivity contribution in [2.45, 2.75) is 13.8 Å². The Bertz CT molecular complexity index is 1760. The minimum absolute atomic E-state index is 0.881. The van der Waals surface area contributed by atoms with Crippen LogP contribution < -0.4 is 31.8 Å². The van der Waals surface area contributed by atoms with Crippen molar-refractivity contribution in [1.82, 2.24) is 0 Å². The van der Waals surface area contributed by atoms with E-state index in [4.69, 9.17) is 0 Å². The lowest BCUT2D eigenvalue weighted by Crippen LogP contribution is -2.34. The van der Waals surface area contributed by atoms with Crippen molar-refractivity contribution in [1.29, 1.82) is 0 Å². The second kappa shape index (κ2) is 13.5. The molecule has 218 valence electrons. The van der Waals surface area contributed by atoms with E-state index in [1.165, 1.54) is 63.8 Å². The van der Waals surface area contributed by atoms with E-state index in [0.29, 0.717) is 0 Å². The van der Waals surface area contributed by atoms with E-state index in [1.54, 1.807) is 0 Å². The Hall–Kier alpha value is -4.12. The summed E-state index contributed by atoms with van der Waals surface area (Å²) < 4.78 is 0. The second-order valence-electron chi connectivity index (χ2n) is 11.2. The number of hydrogen-bond acceptors (Lipinski definition) is 1. The van der Waals surface area contributed by atoms with E-state index in [-0.39, 0.29) is 0 Å². The van der Waals surface area contributed by atoms with Gasteiger partial charge in [0.1, 0.15) is 0 Å². The molecule has 0 unspecified atom stereocenters. The van der Waals surface area contributed by atoms with Crippen molar-refractivity contribution in [3.05, 3.63) is 181 Å². The average molecular weight is 633 g/mol. The summed E-state index contributed by atoms with van der Waals surface area (Å²) in [6, 6.07) is 63.1. The minimum Gasteiger partial charge on any atom is -0.134 e. The van der Waals surface area contributed by atoms with E-state index in [2.05, 4.69) is 184 Å². The van der Waals surface area contributed by atoms with E-state index >= 15 is 0 Å². The van der Waals surface area contributed by atoms with Gasteiger partial charge < -0.3 is 0 Å². The molecule has 7 aromatic rings. The van der Waals surface area contributed by atoms with Crippen LogP contribution in [0.25, 0.3) is 20.9 Å². The molecule has 0 N–H and O–H groups in total. The molecule has 6 aromatic carbocycles. The Morgan fingerprint density at radius 1 is 0.333 bits per heavy atom. The molecule has 0 bridgehead atoms. The van der Waals surface area contributed by atoms with Crippen molar-refractivity contribution in [2.75, 3.05) is 0 Å². The number of aryl methyl sites for hydroxylation is 2. The molecular weight excluding hydrogens is 598 g/mol. The standard InChI is InChI=1S/C42H34P2S/c1-31-23-27-33(28-24-31)41-39(43(35-15-7-3-8-16-35)36-17-9-4-10-18-36)40(42(45-41)34-29-25-32(2)26-30-34)44(37-19-11-5-12-20-37)38-21-13-6-14-22-38/h3-30H,1-2H3. The summed E-state index contributed by atoms with van der Waals surface area (Å²) in [6.07, 6.45) is 0. The van der Waals surface area contributed by atoms with Gasteiger partial charge in [-0.05, 0) is 62.0 Å². The summed E-state index contributed by atoms with van der Waals surface area (Å²) in [5.74, 6) is 0. The molecule has 0 aliphatic heterocycles.